The Morgan fingerprint density at radius 1 is 1.30 bits per heavy atom. The largest absolute Gasteiger partial charge is 0.343 e. The van der Waals surface area contributed by atoms with Crippen LogP contribution in [0.5, 0.6) is 0 Å². The summed E-state index contributed by atoms with van der Waals surface area (Å²) >= 11 is 3.33. The van der Waals surface area contributed by atoms with Crippen LogP contribution >= 0.6 is 15.9 Å². The molecule has 0 spiro atoms. The Hall–Kier alpha value is -1.89. The fourth-order valence-corrected chi connectivity index (χ4v) is 2.04. The normalized spacial score (nSPS) is 15.2. The number of carbonyl (C=O) groups excluding carboxylic acids is 3. The minimum Gasteiger partial charge on any atom is -0.327 e. The topological polar surface area (TPSA) is 78.5 Å². The number of imide groups is 1. The summed E-state index contributed by atoms with van der Waals surface area (Å²) in [5, 5.41) is 3.05. The summed E-state index contributed by atoms with van der Waals surface area (Å²) in [4.78, 5) is 35.2. The average Bonchev–Trinajstić information content (AvgIpc) is 2.71. The van der Waals surface area contributed by atoms with Gasteiger partial charge in [0.05, 0.1) is 5.41 Å². The van der Waals surface area contributed by atoms with Gasteiger partial charge in [0, 0.05) is 4.47 Å². The molecule has 0 radical (unpaired) electrons. The molecule has 1 aromatic carbocycles. The minimum atomic E-state index is -0.871. The Labute approximate surface area is 124 Å². The molecule has 0 unspecified atom stereocenters. The third-order valence-corrected chi connectivity index (χ3v) is 3.72. The van der Waals surface area contributed by atoms with Gasteiger partial charge in [-0.15, -0.1) is 0 Å². The van der Waals surface area contributed by atoms with E-state index >= 15 is 0 Å². The molecular weight excluding hydrogens is 326 g/mol. The molecule has 0 atom stereocenters. The maximum absolute atomic E-state index is 12.3. The molecule has 2 rings (SSSR count). The summed E-state index contributed by atoms with van der Waals surface area (Å²) in [6.07, 6.45) is 0. The molecule has 106 valence electrons. The molecule has 7 heteroatoms. The van der Waals surface area contributed by atoms with Crippen LogP contribution in [0.4, 0.5) is 4.79 Å². The van der Waals surface area contributed by atoms with E-state index < -0.39 is 23.3 Å². The van der Waals surface area contributed by atoms with Gasteiger partial charge in [0.2, 0.25) is 5.91 Å². The second kappa shape index (κ2) is 5.24. The molecule has 4 amide bonds. The molecule has 1 aliphatic heterocycles. The van der Waals surface area contributed by atoms with Gasteiger partial charge in [-0.25, -0.2) is 4.79 Å². The Bertz CT molecular complexity index is 553. The summed E-state index contributed by atoms with van der Waals surface area (Å²) in [7, 11) is 0. The Morgan fingerprint density at radius 3 is 2.40 bits per heavy atom. The van der Waals surface area contributed by atoms with E-state index in [4.69, 9.17) is 0 Å². The van der Waals surface area contributed by atoms with Crippen molar-refractivity contribution >= 4 is 33.8 Å². The highest BCUT2D eigenvalue weighted by Crippen LogP contribution is 2.25. The number of nitrogens with zero attached hydrogens (tertiary/aromatic N) is 1. The number of carbonyl (C=O) groups is 3. The first kappa shape index (κ1) is 14.5. The molecule has 0 aromatic heterocycles. The Kier molecular flexibility index (Phi) is 3.80. The maximum Gasteiger partial charge on any atom is 0.343 e. The van der Waals surface area contributed by atoms with E-state index in [-0.39, 0.29) is 6.54 Å². The van der Waals surface area contributed by atoms with E-state index in [1.54, 1.807) is 13.8 Å². The van der Waals surface area contributed by atoms with Gasteiger partial charge >= 0.3 is 6.03 Å². The van der Waals surface area contributed by atoms with E-state index in [0.29, 0.717) is 5.01 Å². The van der Waals surface area contributed by atoms with E-state index in [2.05, 4.69) is 26.7 Å². The number of hydrogen-bond donors (Lipinski definition) is 2. The van der Waals surface area contributed by atoms with Gasteiger partial charge < -0.3 is 5.32 Å². The molecule has 1 heterocycles. The van der Waals surface area contributed by atoms with Gasteiger partial charge in [0.1, 0.15) is 6.54 Å². The molecule has 1 aromatic rings. The predicted octanol–water partition coefficient (Wildman–Crippen LogP) is 1.31. The van der Waals surface area contributed by atoms with E-state index in [1.807, 2.05) is 24.3 Å². The number of hydrogen-bond acceptors (Lipinski definition) is 3. The molecule has 1 aliphatic rings. The third-order valence-electron chi connectivity index (χ3n) is 3.19. The monoisotopic (exact) mass is 339 g/mol. The fourth-order valence-electron chi connectivity index (χ4n) is 1.77. The zero-order valence-corrected chi connectivity index (χ0v) is 12.7. The third kappa shape index (κ3) is 2.67. The van der Waals surface area contributed by atoms with E-state index in [9.17, 15) is 14.4 Å². The van der Waals surface area contributed by atoms with Crippen LogP contribution in [0.2, 0.25) is 0 Å². The standard InChI is InChI=1S/C13H14BrN3O3/c1-13(2,8-3-5-9(14)6-4-8)11(19)16-17-10(18)7-15-12(17)20/h3-6H,7H2,1-2H3,(H,15,20)(H,16,19). The minimum absolute atomic E-state index is 0.0994. The lowest BCUT2D eigenvalue weighted by atomic mass is 9.84. The predicted molar refractivity (Wildman–Crippen MR) is 75.6 cm³/mol. The summed E-state index contributed by atoms with van der Waals surface area (Å²) in [5.41, 5.74) is 2.26. The van der Waals surface area contributed by atoms with Crippen molar-refractivity contribution < 1.29 is 14.4 Å². The van der Waals surface area contributed by atoms with Crippen LogP contribution in [0.3, 0.4) is 0 Å². The molecular formula is C13H14BrN3O3. The molecule has 1 saturated heterocycles. The SMILES string of the molecule is CC(C)(C(=O)NN1C(=O)CNC1=O)c1ccc(Br)cc1. The molecule has 0 saturated carbocycles. The lowest BCUT2D eigenvalue weighted by Gasteiger charge is -2.26. The van der Waals surface area contributed by atoms with Crippen LogP contribution in [0, 0.1) is 0 Å². The lowest BCUT2D eigenvalue weighted by Crippen LogP contribution is -2.52. The van der Waals surface area contributed by atoms with Gasteiger partial charge in [0.25, 0.3) is 5.91 Å². The zero-order valence-electron chi connectivity index (χ0n) is 11.1. The number of benzene rings is 1. The Morgan fingerprint density at radius 2 is 1.90 bits per heavy atom. The van der Waals surface area contributed by atoms with Crippen molar-refractivity contribution in [3.63, 3.8) is 0 Å². The van der Waals surface area contributed by atoms with Crippen LogP contribution in [0.25, 0.3) is 0 Å². The number of halogens is 1. The van der Waals surface area contributed by atoms with Crippen LogP contribution < -0.4 is 10.7 Å². The van der Waals surface area contributed by atoms with Crippen molar-refractivity contribution in [1.82, 2.24) is 15.8 Å². The summed E-state index contributed by atoms with van der Waals surface area (Å²) in [6, 6.07) is 6.68. The zero-order chi connectivity index (χ0) is 14.9. The second-order valence-corrected chi connectivity index (χ2v) is 5.88. The van der Waals surface area contributed by atoms with Gasteiger partial charge in [-0.3, -0.25) is 15.0 Å². The van der Waals surface area contributed by atoms with Gasteiger partial charge in [-0.2, -0.15) is 5.01 Å². The number of urea groups is 1. The number of nitrogens with one attached hydrogen (secondary N) is 2. The average molecular weight is 340 g/mol. The number of rotatable bonds is 3. The summed E-state index contributed by atoms with van der Waals surface area (Å²) in [5.74, 6) is -0.903. The van der Waals surface area contributed by atoms with E-state index in [0.717, 1.165) is 10.0 Å². The molecule has 0 aliphatic carbocycles. The van der Waals surface area contributed by atoms with Crippen LogP contribution in [0.1, 0.15) is 19.4 Å². The van der Waals surface area contributed by atoms with Crippen molar-refractivity contribution in [2.24, 2.45) is 0 Å². The number of hydrazine groups is 1. The van der Waals surface area contributed by atoms with Crippen LogP contribution in [-0.2, 0) is 15.0 Å². The molecule has 0 bridgehead atoms. The van der Waals surface area contributed by atoms with Crippen molar-refractivity contribution in [1.29, 1.82) is 0 Å². The fraction of sp³-hybridized carbons (Fsp3) is 0.308. The molecule has 1 fully saturated rings. The van der Waals surface area contributed by atoms with Crippen molar-refractivity contribution in [2.45, 2.75) is 19.3 Å². The van der Waals surface area contributed by atoms with Crippen LogP contribution in [-0.4, -0.2) is 29.4 Å². The number of amides is 4. The molecule has 20 heavy (non-hydrogen) atoms. The highest BCUT2D eigenvalue weighted by Gasteiger charge is 2.36. The van der Waals surface area contributed by atoms with Gasteiger partial charge in [-0.1, -0.05) is 28.1 Å². The first-order chi connectivity index (χ1) is 9.32. The van der Waals surface area contributed by atoms with Gasteiger partial charge in [0.15, 0.2) is 0 Å². The first-order valence-electron chi connectivity index (χ1n) is 6.00. The first-order valence-corrected chi connectivity index (χ1v) is 6.79. The second-order valence-electron chi connectivity index (χ2n) is 4.96. The Balaban J connectivity index is 2.17. The molecule has 2 N–H and O–H groups in total. The highest BCUT2D eigenvalue weighted by atomic mass is 79.9. The van der Waals surface area contributed by atoms with Gasteiger partial charge in [-0.05, 0) is 31.5 Å². The summed E-state index contributed by atoms with van der Waals surface area (Å²) < 4.78 is 0.909. The van der Waals surface area contributed by atoms with Crippen molar-refractivity contribution in [3.05, 3.63) is 34.3 Å². The summed E-state index contributed by atoms with van der Waals surface area (Å²) in [6.45, 7) is 3.35. The van der Waals surface area contributed by atoms with Crippen LogP contribution in [0.15, 0.2) is 28.7 Å². The van der Waals surface area contributed by atoms with Crippen molar-refractivity contribution in [3.8, 4) is 0 Å². The maximum atomic E-state index is 12.3. The smallest absolute Gasteiger partial charge is 0.327 e. The van der Waals surface area contributed by atoms with E-state index in [1.165, 1.54) is 0 Å². The molecule has 6 nitrogen and oxygen atoms in total. The van der Waals surface area contributed by atoms with Crippen molar-refractivity contribution in [2.75, 3.05) is 6.54 Å². The highest BCUT2D eigenvalue weighted by molar-refractivity contribution is 9.10. The quantitative estimate of drug-likeness (QED) is 0.815. The lowest BCUT2D eigenvalue weighted by molar-refractivity contribution is -0.137.